The van der Waals surface area contributed by atoms with Crippen LogP contribution in [0.15, 0.2) is 36.4 Å². The van der Waals surface area contributed by atoms with Gasteiger partial charge in [-0.2, -0.15) is 0 Å². The van der Waals surface area contributed by atoms with Gasteiger partial charge in [0.05, 0.1) is 23.7 Å². The van der Waals surface area contributed by atoms with Crippen LogP contribution in [0.4, 0.5) is 5.69 Å². The minimum atomic E-state index is -0.341. The number of methoxy groups -OCH3 is 1. The molecule has 0 unspecified atom stereocenters. The molecule has 1 aliphatic rings. The number of benzene rings is 2. The molecule has 4 nitrogen and oxygen atoms in total. The number of hydrogen-bond donors (Lipinski definition) is 0. The number of nitro groups is 1. The van der Waals surface area contributed by atoms with E-state index < -0.39 is 0 Å². The maximum Gasteiger partial charge on any atom is 0.280 e. The fourth-order valence-corrected chi connectivity index (χ4v) is 3.79. The lowest BCUT2D eigenvalue weighted by atomic mass is 9.63. The minimum Gasteiger partial charge on any atom is -0.497 e. The van der Waals surface area contributed by atoms with E-state index in [9.17, 15) is 10.1 Å². The maximum absolute atomic E-state index is 11.5. The highest BCUT2D eigenvalue weighted by Crippen LogP contribution is 2.47. The van der Waals surface area contributed by atoms with Gasteiger partial charge in [-0.3, -0.25) is 10.1 Å². The number of fused-ring (bicyclic) bond motifs is 1. The molecule has 0 aromatic heterocycles. The zero-order chi connectivity index (χ0) is 18.4. The largest absolute Gasteiger partial charge is 0.497 e. The molecule has 2 aromatic carbocycles. The van der Waals surface area contributed by atoms with E-state index in [1.807, 2.05) is 6.07 Å². The molecule has 0 atom stereocenters. The Hall–Kier alpha value is -2.36. The normalized spacial score (nSPS) is 17.6. The monoisotopic (exact) mass is 339 g/mol. The highest BCUT2D eigenvalue weighted by atomic mass is 16.6. The molecule has 1 aliphatic carbocycles. The van der Waals surface area contributed by atoms with Crippen LogP contribution in [0.5, 0.6) is 5.75 Å². The van der Waals surface area contributed by atoms with Crippen LogP contribution in [0.3, 0.4) is 0 Å². The Morgan fingerprint density at radius 3 is 2.20 bits per heavy atom. The molecule has 0 fully saturated rings. The molecule has 132 valence electrons. The summed E-state index contributed by atoms with van der Waals surface area (Å²) in [5.74, 6) is 0.495. The van der Waals surface area contributed by atoms with E-state index in [0.29, 0.717) is 11.3 Å². The van der Waals surface area contributed by atoms with Crippen LogP contribution < -0.4 is 4.74 Å². The molecule has 2 aromatic rings. The SMILES string of the molecule is COc1ccc(-c2ccc3c(c2)C(C)(C)CCC3(C)C)c([N+](=O)[O-])c1. The molecule has 0 heterocycles. The first kappa shape index (κ1) is 17.5. The van der Waals surface area contributed by atoms with Crippen molar-refractivity contribution in [2.24, 2.45) is 0 Å². The molecular formula is C21H25NO3. The first-order chi connectivity index (χ1) is 11.7. The van der Waals surface area contributed by atoms with E-state index in [-0.39, 0.29) is 21.4 Å². The Kier molecular flexibility index (Phi) is 4.10. The van der Waals surface area contributed by atoms with Crippen molar-refractivity contribution in [3.63, 3.8) is 0 Å². The molecule has 0 radical (unpaired) electrons. The van der Waals surface area contributed by atoms with Crippen molar-refractivity contribution >= 4 is 5.69 Å². The Balaban J connectivity index is 2.20. The summed E-state index contributed by atoms with van der Waals surface area (Å²) in [7, 11) is 1.52. The summed E-state index contributed by atoms with van der Waals surface area (Å²) in [6.07, 6.45) is 2.26. The number of hydrogen-bond acceptors (Lipinski definition) is 3. The standard InChI is InChI=1S/C21H25NO3/c1-20(2)10-11-21(3,4)18-12-14(6-9-17(18)20)16-8-7-15(25-5)13-19(16)22(23)24/h6-9,12-13H,10-11H2,1-5H3. The summed E-state index contributed by atoms with van der Waals surface area (Å²) < 4.78 is 5.14. The van der Waals surface area contributed by atoms with Crippen LogP contribution in [0, 0.1) is 10.1 Å². The fourth-order valence-electron chi connectivity index (χ4n) is 3.79. The van der Waals surface area contributed by atoms with Gasteiger partial charge in [0.1, 0.15) is 5.75 Å². The van der Waals surface area contributed by atoms with Crippen molar-refractivity contribution in [2.45, 2.75) is 51.4 Å². The molecule has 0 saturated carbocycles. The van der Waals surface area contributed by atoms with Crippen molar-refractivity contribution < 1.29 is 9.66 Å². The van der Waals surface area contributed by atoms with E-state index in [1.165, 1.54) is 24.3 Å². The minimum absolute atomic E-state index is 0.0715. The second-order valence-corrected chi connectivity index (χ2v) is 8.17. The zero-order valence-corrected chi connectivity index (χ0v) is 15.6. The Labute approximate surface area is 149 Å². The lowest BCUT2D eigenvalue weighted by Crippen LogP contribution is -2.33. The van der Waals surface area contributed by atoms with Crippen LogP contribution in [-0.4, -0.2) is 12.0 Å². The molecule has 25 heavy (non-hydrogen) atoms. The van der Waals surface area contributed by atoms with Gasteiger partial charge >= 0.3 is 0 Å². The predicted molar refractivity (Wildman–Crippen MR) is 100 cm³/mol. The van der Waals surface area contributed by atoms with Crippen LogP contribution >= 0.6 is 0 Å². The number of ether oxygens (including phenoxy) is 1. The van der Waals surface area contributed by atoms with Crippen molar-refractivity contribution in [2.75, 3.05) is 7.11 Å². The average Bonchev–Trinajstić information content (AvgIpc) is 2.58. The topological polar surface area (TPSA) is 52.4 Å². The summed E-state index contributed by atoms with van der Waals surface area (Å²) in [4.78, 5) is 11.2. The van der Waals surface area contributed by atoms with E-state index in [0.717, 1.165) is 18.4 Å². The van der Waals surface area contributed by atoms with Gasteiger partial charge in [0.2, 0.25) is 0 Å². The molecular weight excluding hydrogens is 314 g/mol. The van der Waals surface area contributed by atoms with Crippen molar-refractivity contribution in [3.8, 4) is 16.9 Å². The Morgan fingerprint density at radius 1 is 0.960 bits per heavy atom. The number of nitro benzene ring substituents is 1. The van der Waals surface area contributed by atoms with E-state index >= 15 is 0 Å². The number of rotatable bonds is 3. The predicted octanol–water partition coefficient (Wildman–Crippen LogP) is 5.62. The Morgan fingerprint density at radius 2 is 1.60 bits per heavy atom. The third-order valence-electron chi connectivity index (χ3n) is 5.57. The Bertz CT molecular complexity index is 837. The van der Waals surface area contributed by atoms with Gasteiger partial charge in [0.25, 0.3) is 5.69 Å². The molecule has 0 bridgehead atoms. The van der Waals surface area contributed by atoms with Crippen LogP contribution in [0.25, 0.3) is 11.1 Å². The van der Waals surface area contributed by atoms with Crippen LogP contribution in [0.2, 0.25) is 0 Å². The van der Waals surface area contributed by atoms with Gasteiger partial charge in [0.15, 0.2) is 0 Å². The highest BCUT2D eigenvalue weighted by molar-refractivity contribution is 5.76. The summed E-state index contributed by atoms with van der Waals surface area (Å²) in [6.45, 7) is 9.06. The average molecular weight is 339 g/mol. The van der Waals surface area contributed by atoms with Gasteiger partial charge in [0, 0.05) is 0 Å². The summed E-state index contributed by atoms with van der Waals surface area (Å²) in [5.41, 5.74) is 4.45. The lowest BCUT2D eigenvalue weighted by molar-refractivity contribution is -0.384. The molecule has 4 heteroatoms. The molecule has 0 aliphatic heterocycles. The van der Waals surface area contributed by atoms with Gasteiger partial charge in [-0.25, -0.2) is 0 Å². The third kappa shape index (κ3) is 3.01. The molecule has 3 rings (SSSR count). The van der Waals surface area contributed by atoms with Gasteiger partial charge < -0.3 is 4.74 Å². The fraction of sp³-hybridized carbons (Fsp3) is 0.429. The van der Waals surface area contributed by atoms with Crippen molar-refractivity contribution in [1.29, 1.82) is 0 Å². The zero-order valence-electron chi connectivity index (χ0n) is 15.6. The highest BCUT2D eigenvalue weighted by Gasteiger charge is 2.37. The molecule has 0 N–H and O–H groups in total. The van der Waals surface area contributed by atoms with Gasteiger partial charge in [-0.05, 0) is 52.5 Å². The van der Waals surface area contributed by atoms with E-state index in [2.05, 4.69) is 39.8 Å². The lowest BCUT2D eigenvalue weighted by Gasteiger charge is -2.42. The summed E-state index contributed by atoms with van der Waals surface area (Å²) in [6, 6.07) is 11.3. The third-order valence-corrected chi connectivity index (χ3v) is 5.57. The first-order valence-electron chi connectivity index (χ1n) is 8.63. The van der Waals surface area contributed by atoms with Gasteiger partial charge in [-0.1, -0.05) is 45.9 Å². The van der Waals surface area contributed by atoms with E-state index in [1.54, 1.807) is 12.1 Å². The van der Waals surface area contributed by atoms with Crippen LogP contribution in [-0.2, 0) is 10.8 Å². The molecule has 0 amide bonds. The van der Waals surface area contributed by atoms with Gasteiger partial charge in [-0.15, -0.1) is 0 Å². The van der Waals surface area contributed by atoms with Crippen LogP contribution in [0.1, 0.15) is 51.7 Å². The smallest absolute Gasteiger partial charge is 0.280 e. The first-order valence-corrected chi connectivity index (χ1v) is 8.63. The number of nitrogens with zero attached hydrogens (tertiary/aromatic N) is 1. The van der Waals surface area contributed by atoms with Crippen molar-refractivity contribution in [3.05, 3.63) is 57.6 Å². The maximum atomic E-state index is 11.5. The summed E-state index contributed by atoms with van der Waals surface area (Å²) >= 11 is 0. The molecule has 0 spiro atoms. The molecule has 0 saturated heterocycles. The van der Waals surface area contributed by atoms with Crippen molar-refractivity contribution in [1.82, 2.24) is 0 Å². The second-order valence-electron chi connectivity index (χ2n) is 8.17. The quantitative estimate of drug-likeness (QED) is 0.539. The second kappa shape index (κ2) is 5.87. The van der Waals surface area contributed by atoms with E-state index in [4.69, 9.17) is 4.74 Å². The summed E-state index contributed by atoms with van der Waals surface area (Å²) in [5, 5.41) is 11.5.